The molecule has 0 bridgehead atoms. The van der Waals surface area contributed by atoms with E-state index in [-0.39, 0.29) is 12.5 Å². The SMILES string of the molecule is Cc1ccc(N2CCC(C)(C(N)=O)C2)c(CO)c1. The molecule has 1 heterocycles. The fourth-order valence-electron chi connectivity index (χ4n) is 2.52. The van der Waals surface area contributed by atoms with Crippen LogP contribution >= 0.6 is 0 Å². The number of hydrogen-bond donors (Lipinski definition) is 2. The molecule has 2 rings (SSSR count). The first kappa shape index (κ1) is 12.9. The molecule has 1 saturated heterocycles. The Labute approximate surface area is 107 Å². The summed E-state index contributed by atoms with van der Waals surface area (Å²) in [5, 5.41) is 9.42. The fraction of sp³-hybridized carbons (Fsp3) is 0.500. The molecular formula is C14H20N2O2. The molecule has 1 aromatic carbocycles. The van der Waals surface area contributed by atoms with E-state index in [0.29, 0.717) is 6.54 Å². The first-order valence-corrected chi connectivity index (χ1v) is 6.21. The number of anilines is 1. The van der Waals surface area contributed by atoms with E-state index < -0.39 is 5.41 Å². The first-order valence-electron chi connectivity index (χ1n) is 6.21. The van der Waals surface area contributed by atoms with Gasteiger partial charge in [0.05, 0.1) is 12.0 Å². The smallest absolute Gasteiger partial charge is 0.225 e. The van der Waals surface area contributed by atoms with Gasteiger partial charge < -0.3 is 15.7 Å². The summed E-state index contributed by atoms with van der Waals surface area (Å²) in [6.45, 7) is 5.34. The van der Waals surface area contributed by atoms with Crippen molar-refractivity contribution in [1.29, 1.82) is 0 Å². The summed E-state index contributed by atoms with van der Waals surface area (Å²) in [5.41, 5.74) is 8.03. The Morgan fingerprint density at radius 1 is 1.56 bits per heavy atom. The summed E-state index contributed by atoms with van der Waals surface area (Å²) >= 11 is 0. The molecular weight excluding hydrogens is 228 g/mol. The number of aliphatic hydroxyl groups excluding tert-OH is 1. The molecule has 0 aliphatic carbocycles. The van der Waals surface area contributed by atoms with Gasteiger partial charge in [-0.15, -0.1) is 0 Å². The quantitative estimate of drug-likeness (QED) is 0.844. The lowest BCUT2D eigenvalue weighted by molar-refractivity contribution is -0.125. The number of aliphatic hydroxyl groups is 1. The maximum Gasteiger partial charge on any atom is 0.225 e. The van der Waals surface area contributed by atoms with Crippen molar-refractivity contribution in [3.63, 3.8) is 0 Å². The topological polar surface area (TPSA) is 66.6 Å². The average molecular weight is 248 g/mol. The maximum atomic E-state index is 11.5. The number of carbonyl (C=O) groups excluding carboxylic acids is 1. The third-order valence-corrected chi connectivity index (χ3v) is 3.81. The molecule has 1 amide bonds. The number of aryl methyl sites for hydroxylation is 1. The molecule has 1 fully saturated rings. The summed E-state index contributed by atoms with van der Waals surface area (Å²) in [7, 11) is 0. The Hall–Kier alpha value is -1.55. The van der Waals surface area contributed by atoms with Crippen LogP contribution in [0.5, 0.6) is 0 Å². The van der Waals surface area contributed by atoms with Crippen molar-refractivity contribution in [3.05, 3.63) is 29.3 Å². The Morgan fingerprint density at radius 3 is 2.83 bits per heavy atom. The number of hydrogen-bond acceptors (Lipinski definition) is 3. The Bertz CT molecular complexity index is 473. The lowest BCUT2D eigenvalue weighted by Gasteiger charge is -2.24. The average Bonchev–Trinajstić information content (AvgIpc) is 2.73. The van der Waals surface area contributed by atoms with Crippen LogP contribution in [-0.4, -0.2) is 24.1 Å². The lowest BCUT2D eigenvalue weighted by atomic mass is 9.89. The van der Waals surface area contributed by atoms with Crippen LogP contribution in [0.2, 0.25) is 0 Å². The van der Waals surface area contributed by atoms with E-state index >= 15 is 0 Å². The van der Waals surface area contributed by atoms with Crippen molar-refractivity contribution in [2.45, 2.75) is 26.9 Å². The number of nitrogens with zero attached hydrogens (tertiary/aromatic N) is 1. The van der Waals surface area contributed by atoms with Crippen LogP contribution in [0, 0.1) is 12.3 Å². The van der Waals surface area contributed by atoms with E-state index in [2.05, 4.69) is 4.90 Å². The number of carbonyl (C=O) groups is 1. The highest BCUT2D eigenvalue weighted by Gasteiger charge is 2.39. The fourth-order valence-corrected chi connectivity index (χ4v) is 2.52. The van der Waals surface area contributed by atoms with Gasteiger partial charge in [0.15, 0.2) is 0 Å². The Balaban J connectivity index is 2.27. The standard InChI is InChI=1S/C14H20N2O2/c1-10-3-4-12(11(7-10)8-17)16-6-5-14(2,9-16)13(15)18/h3-4,7,17H,5-6,8-9H2,1-2H3,(H2,15,18). The van der Waals surface area contributed by atoms with Crippen molar-refractivity contribution in [1.82, 2.24) is 0 Å². The Morgan fingerprint density at radius 2 is 2.28 bits per heavy atom. The van der Waals surface area contributed by atoms with Gasteiger partial charge in [-0.05, 0) is 26.3 Å². The van der Waals surface area contributed by atoms with Gasteiger partial charge in [-0.2, -0.15) is 0 Å². The molecule has 0 radical (unpaired) electrons. The van der Waals surface area contributed by atoms with Crippen molar-refractivity contribution in [3.8, 4) is 0 Å². The molecule has 1 atom stereocenters. The van der Waals surface area contributed by atoms with Crippen molar-refractivity contribution >= 4 is 11.6 Å². The molecule has 4 nitrogen and oxygen atoms in total. The van der Waals surface area contributed by atoms with E-state index in [1.54, 1.807) is 0 Å². The zero-order valence-corrected chi connectivity index (χ0v) is 10.9. The number of nitrogens with two attached hydrogens (primary N) is 1. The third kappa shape index (κ3) is 2.20. The van der Waals surface area contributed by atoms with Crippen LogP contribution in [0.4, 0.5) is 5.69 Å². The zero-order chi connectivity index (χ0) is 13.3. The van der Waals surface area contributed by atoms with Crippen LogP contribution in [0.25, 0.3) is 0 Å². The van der Waals surface area contributed by atoms with Gasteiger partial charge in [-0.3, -0.25) is 4.79 Å². The molecule has 0 spiro atoms. The minimum atomic E-state index is -0.461. The zero-order valence-electron chi connectivity index (χ0n) is 10.9. The molecule has 1 aromatic rings. The summed E-state index contributed by atoms with van der Waals surface area (Å²) in [4.78, 5) is 13.6. The molecule has 0 aromatic heterocycles. The van der Waals surface area contributed by atoms with Gasteiger partial charge >= 0.3 is 0 Å². The minimum Gasteiger partial charge on any atom is -0.392 e. The Kier molecular flexibility index (Phi) is 3.30. The molecule has 98 valence electrons. The number of primary amides is 1. The van der Waals surface area contributed by atoms with Gasteiger partial charge in [-0.25, -0.2) is 0 Å². The second kappa shape index (κ2) is 4.61. The van der Waals surface area contributed by atoms with Crippen LogP contribution in [0.15, 0.2) is 18.2 Å². The molecule has 3 N–H and O–H groups in total. The van der Waals surface area contributed by atoms with E-state index in [9.17, 15) is 9.90 Å². The van der Waals surface area contributed by atoms with Crippen LogP contribution in [0.3, 0.4) is 0 Å². The molecule has 4 heteroatoms. The van der Waals surface area contributed by atoms with Gasteiger partial charge in [0, 0.05) is 24.3 Å². The van der Waals surface area contributed by atoms with E-state index in [1.807, 2.05) is 32.0 Å². The second-order valence-electron chi connectivity index (χ2n) is 5.39. The predicted molar refractivity (Wildman–Crippen MR) is 71.2 cm³/mol. The van der Waals surface area contributed by atoms with E-state index in [4.69, 9.17) is 5.73 Å². The maximum absolute atomic E-state index is 11.5. The van der Waals surface area contributed by atoms with Gasteiger partial charge in [0.2, 0.25) is 5.91 Å². The van der Waals surface area contributed by atoms with Crippen LogP contribution in [0.1, 0.15) is 24.5 Å². The molecule has 0 saturated carbocycles. The number of amides is 1. The van der Waals surface area contributed by atoms with Crippen molar-refractivity contribution < 1.29 is 9.90 Å². The molecule has 18 heavy (non-hydrogen) atoms. The van der Waals surface area contributed by atoms with E-state index in [0.717, 1.165) is 29.8 Å². The van der Waals surface area contributed by atoms with Crippen LogP contribution < -0.4 is 10.6 Å². The molecule has 1 aliphatic heterocycles. The van der Waals surface area contributed by atoms with Gasteiger partial charge in [0.1, 0.15) is 0 Å². The summed E-state index contributed by atoms with van der Waals surface area (Å²) in [6.07, 6.45) is 0.765. The first-order chi connectivity index (χ1) is 8.46. The van der Waals surface area contributed by atoms with Gasteiger partial charge in [0.25, 0.3) is 0 Å². The van der Waals surface area contributed by atoms with E-state index in [1.165, 1.54) is 0 Å². The molecule has 1 aliphatic rings. The minimum absolute atomic E-state index is 0.0147. The predicted octanol–water partition coefficient (Wildman–Crippen LogP) is 1.19. The highest BCUT2D eigenvalue weighted by Crippen LogP contribution is 2.34. The monoisotopic (exact) mass is 248 g/mol. The molecule has 1 unspecified atom stereocenters. The third-order valence-electron chi connectivity index (χ3n) is 3.81. The lowest BCUT2D eigenvalue weighted by Crippen LogP contribution is -2.37. The second-order valence-corrected chi connectivity index (χ2v) is 5.39. The summed E-state index contributed by atoms with van der Waals surface area (Å²) < 4.78 is 0. The van der Waals surface area contributed by atoms with Crippen LogP contribution in [-0.2, 0) is 11.4 Å². The van der Waals surface area contributed by atoms with Crippen molar-refractivity contribution in [2.24, 2.45) is 11.1 Å². The highest BCUT2D eigenvalue weighted by atomic mass is 16.3. The number of rotatable bonds is 3. The summed E-state index contributed by atoms with van der Waals surface area (Å²) in [5.74, 6) is -0.248. The number of benzene rings is 1. The largest absolute Gasteiger partial charge is 0.392 e. The van der Waals surface area contributed by atoms with Crippen molar-refractivity contribution in [2.75, 3.05) is 18.0 Å². The highest BCUT2D eigenvalue weighted by molar-refractivity contribution is 5.82. The summed E-state index contributed by atoms with van der Waals surface area (Å²) in [6, 6.07) is 6.01. The normalized spacial score (nSPS) is 23.4. The van der Waals surface area contributed by atoms with Gasteiger partial charge in [-0.1, -0.05) is 17.7 Å².